The zero-order valence-corrected chi connectivity index (χ0v) is 17.0. The maximum atomic E-state index is 12.6. The molecule has 1 atom stereocenters. The normalized spacial score (nSPS) is 12.2. The topological polar surface area (TPSA) is 75.3 Å². The Labute approximate surface area is 171 Å². The lowest BCUT2D eigenvalue weighted by molar-refractivity contribution is 0.0951. The molecule has 3 aromatic rings. The van der Waals surface area contributed by atoms with E-state index in [9.17, 15) is 13.2 Å². The van der Waals surface area contributed by atoms with Crippen molar-refractivity contribution < 1.29 is 13.2 Å². The zero-order valence-electron chi connectivity index (χ0n) is 16.2. The van der Waals surface area contributed by atoms with E-state index in [-0.39, 0.29) is 16.7 Å². The van der Waals surface area contributed by atoms with Crippen molar-refractivity contribution in [3.63, 3.8) is 0 Å². The molecule has 0 saturated carbocycles. The second-order valence-corrected chi connectivity index (χ2v) is 8.41. The Kier molecular flexibility index (Phi) is 6.67. The van der Waals surface area contributed by atoms with Crippen molar-refractivity contribution in [3.05, 3.63) is 96.1 Å². The Morgan fingerprint density at radius 2 is 1.55 bits per heavy atom. The lowest BCUT2D eigenvalue weighted by atomic mass is 9.96. The Morgan fingerprint density at radius 3 is 2.21 bits per heavy atom. The fourth-order valence-electron chi connectivity index (χ4n) is 3.08. The van der Waals surface area contributed by atoms with Crippen molar-refractivity contribution in [2.45, 2.75) is 24.2 Å². The third-order valence-corrected chi connectivity index (χ3v) is 6.10. The van der Waals surface area contributed by atoms with Crippen molar-refractivity contribution in [3.8, 4) is 0 Å². The molecule has 5 nitrogen and oxygen atoms in total. The van der Waals surface area contributed by atoms with Gasteiger partial charge in [0.2, 0.25) is 0 Å². The van der Waals surface area contributed by atoms with Gasteiger partial charge in [-0.15, -0.1) is 0 Å². The molecule has 0 aliphatic rings. The zero-order chi connectivity index (χ0) is 20.7. The largest absolute Gasteiger partial charge is 0.351 e. The minimum Gasteiger partial charge on any atom is -0.351 e. The molecule has 2 N–H and O–H groups in total. The van der Waals surface area contributed by atoms with Crippen molar-refractivity contribution >= 4 is 21.6 Å². The van der Waals surface area contributed by atoms with E-state index >= 15 is 0 Å². The first-order valence-electron chi connectivity index (χ1n) is 9.50. The predicted molar refractivity (Wildman–Crippen MR) is 115 cm³/mol. The molecule has 3 aromatic carbocycles. The van der Waals surface area contributed by atoms with E-state index in [1.54, 1.807) is 42.5 Å². The highest BCUT2D eigenvalue weighted by Crippen LogP contribution is 2.19. The number of hydrogen-bond acceptors (Lipinski definition) is 3. The number of benzene rings is 3. The maximum Gasteiger partial charge on any atom is 0.261 e. The molecule has 29 heavy (non-hydrogen) atoms. The van der Waals surface area contributed by atoms with Crippen LogP contribution in [-0.4, -0.2) is 20.9 Å². The molecule has 3 rings (SSSR count). The van der Waals surface area contributed by atoms with E-state index in [0.717, 1.165) is 6.42 Å². The summed E-state index contributed by atoms with van der Waals surface area (Å²) in [5, 5.41) is 2.95. The van der Waals surface area contributed by atoms with Crippen molar-refractivity contribution in [1.82, 2.24) is 5.32 Å². The molecule has 1 unspecified atom stereocenters. The van der Waals surface area contributed by atoms with Gasteiger partial charge in [0, 0.05) is 23.7 Å². The molecule has 1 amide bonds. The minimum atomic E-state index is -3.70. The van der Waals surface area contributed by atoms with Crippen LogP contribution in [0.15, 0.2) is 89.8 Å². The Bertz CT molecular complexity index is 1050. The Balaban J connectivity index is 1.68. The molecule has 150 valence electrons. The van der Waals surface area contributed by atoms with Gasteiger partial charge in [0.1, 0.15) is 0 Å². The van der Waals surface area contributed by atoms with Gasteiger partial charge in [-0.3, -0.25) is 9.52 Å². The van der Waals surface area contributed by atoms with Crippen molar-refractivity contribution in [2.24, 2.45) is 0 Å². The molecular formula is C23H24N2O3S. The average Bonchev–Trinajstić information content (AvgIpc) is 2.75. The van der Waals surface area contributed by atoms with Gasteiger partial charge in [-0.1, -0.05) is 61.5 Å². The molecule has 0 radical (unpaired) electrons. The van der Waals surface area contributed by atoms with Gasteiger partial charge >= 0.3 is 0 Å². The van der Waals surface area contributed by atoms with E-state index in [1.165, 1.54) is 17.7 Å². The van der Waals surface area contributed by atoms with Crippen molar-refractivity contribution in [1.29, 1.82) is 0 Å². The summed E-state index contributed by atoms with van der Waals surface area (Å²) in [5.41, 5.74) is 1.93. The van der Waals surface area contributed by atoms with Crippen LogP contribution < -0.4 is 10.0 Å². The van der Waals surface area contributed by atoms with E-state index in [0.29, 0.717) is 17.8 Å². The number of sulfonamides is 1. The molecule has 0 aromatic heterocycles. The molecule has 0 aliphatic carbocycles. The number of carbonyl (C=O) groups excluding carboxylic acids is 1. The third kappa shape index (κ3) is 5.45. The van der Waals surface area contributed by atoms with Gasteiger partial charge < -0.3 is 5.32 Å². The van der Waals surface area contributed by atoms with Crippen molar-refractivity contribution in [2.75, 3.05) is 11.3 Å². The highest BCUT2D eigenvalue weighted by Gasteiger charge is 2.15. The first-order chi connectivity index (χ1) is 14.0. The number of carbonyl (C=O) groups is 1. The number of rotatable bonds is 8. The monoisotopic (exact) mass is 408 g/mol. The van der Waals surface area contributed by atoms with Gasteiger partial charge in [0.05, 0.1) is 4.90 Å². The Morgan fingerprint density at radius 1 is 0.897 bits per heavy atom. The molecule has 0 aliphatic heterocycles. The van der Waals surface area contributed by atoms with Gasteiger partial charge in [-0.2, -0.15) is 0 Å². The quantitative estimate of drug-likeness (QED) is 0.580. The average molecular weight is 409 g/mol. The SMILES string of the molecule is CCC(CNC(=O)c1cccc(NS(=O)(=O)c2ccccc2)c1)c1ccccc1. The summed E-state index contributed by atoms with van der Waals surface area (Å²) < 4.78 is 27.5. The van der Waals surface area contributed by atoms with Gasteiger partial charge in [0.25, 0.3) is 15.9 Å². The van der Waals surface area contributed by atoms with Gasteiger partial charge in [0.15, 0.2) is 0 Å². The summed E-state index contributed by atoms with van der Waals surface area (Å²) in [7, 11) is -3.70. The second-order valence-electron chi connectivity index (χ2n) is 6.73. The van der Waals surface area contributed by atoms with E-state index in [4.69, 9.17) is 0 Å². The molecule has 0 bridgehead atoms. The fourth-order valence-corrected chi connectivity index (χ4v) is 4.15. The summed E-state index contributed by atoms with van der Waals surface area (Å²) in [6.45, 7) is 2.60. The second kappa shape index (κ2) is 9.39. The summed E-state index contributed by atoms with van der Waals surface area (Å²) in [6, 6.07) is 24.7. The van der Waals surface area contributed by atoms with Gasteiger partial charge in [-0.25, -0.2) is 8.42 Å². The van der Waals surface area contributed by atoms with E-state index in [1.807, 2.05) is 18.2 Å². The highest BCUT2D eigenvalue weighted by atomic mass is 32.2. The third-order valence-electron chi connectivity index (χ3n) is 4.70. The lowest BCUT2D eigenvalue weighted by Crippen LogP contribution is -2.28. The first kappa shape index (κ1) is 20.6. The highest BCUT2D eigenvalue weighted by molar-refractivity contribution is 7.92. The first-order valence-corrected chi connectivity index (χ1v) is 11.0. The smallest absolute Gasteiger partial charge is 0.261 e. The van der Waals surface area contributed by atoms with E-state index in [2.05, 4.69) is 29.1 Å². The number of amides is 1. The van der Waals surface area contributed by atoms with E-state index < -0.39 is 10.0 Å². The molecular weight excluding hydrogens is 384 g/mol. The van der Waals surface area contributed by atoms with Gasteiger partial charge in [-0.05, 0) is 42.3 Å². The molecule has 0 spiro atoms. The van der Waals surface area contributed by atoms with Crippen LogP contribution in [0, 0.1) is 0 Å². The maximum absolute atomic E-state index is 12.6. The lowest BCUT2D eigenvalue weighted by Gasteiger charge is -2.16. The summed E-state index contributed by atoms with van der Waals surface area (Å²) in [4.78, 5) is 12.8. The van der Waals surface area contributed by atoms with Crippen LogP contribution >= 0.6 is 0 Å². The fraction of sp³-hybridized carbons (Fsp3) is 0.174. The molecule has 6 heteroatoms. The standard InChI is InChI=1S/C23H24N2O3S/c1-2-18(19-10-5-3-6-11-19)17-24-23(26)20-12-9-13-21(16-20)25-29(27,28)22-14-7-4-8-15-22/h3-16,18,25H,2,17H2,1H3,(H,24,26). The molecule has 0 saturated heterocycles. The molecule has 0 fully saturated rings. The predicted octanol–water partition coefficient (Wildman–Crippen LogP) is 4.41. The number of hydrogen-bond donors (Lipinski definition) is 2. The van der Waals surface area contributed by atoms with Crippen LogP contribution in [0.3, 0.4) is 0 Å². The summed E-state index contributed by atoms with van der Waals surface area (Å²) in [6.07, 6.45) is 0.904. The number of nitrogens with one attached hydrogen (secondary N) is 2. The summed E-state index contributed by atoms with van der Waals surface area (Å²) >= 11 is 0. The number of anilines is 1. The van der Waals surface area contributed by atoms with Crippen LogP contribution in [0.2, 0.25) is 0 Å². The van der Waals surface area contributed by atoms with Crippen LogP contribution in [-0.2, 0) is 10.0 Å². The van der Waals surface area contributed by atoms with Crippen LogP contribution in [0.5, 0.6) is 0 Å². The molecule has 0 heterocycles. The van der Waals surface area contributed by atoms with Crippen LogP contribution in [0.4, 0.5) is 5.69 Å². The van der Waals surface area contributed by atoms with Crippen LogP contribution in [0.25, 0.3) is 0 Å². The Hall–Kier alpha value is -3.12. The summed E-state index contributed by atoms with van der Waals surface area (Å²) in [5.74, 6) is -0.0138. The minimum absolute atomic E-state index is 0.170. The van der Waals surface area contributed by atoms with Crippen LogP contribution in [0.1, 0.15) is 35.2 Å².